The number of nitrogens with two attached hydrogens (primary N) is 1. The molecule has 5 nitrogen and oxygen atoms in total. The van der Waals surface area contributed by atoms with Crippen LogP contribution in [-0.4, -0.2) is 29.6 Å². The van der Waals surface area contributed by atoms with Gasteiger partial charge in [-0.2, -0.15) is 0 Å². The number of H-pyrrole nitrogens is 1. The van der Waals surface area contributed by atoms with Crippen molar-refractivity contribution in [2.75, 3.05) is 18.5 Å². The van der Waals surface area contributed by atoms with Crippen LogP contribution in [0.1, 0.15) is 13.3 Å². The van der Waals surface area contributed by atoms with Crippen molar-refractivity contribution in [2.24, 2.45) is 5.73 Å². The van der Waals surface area contributed by atoms with Crippen molar-refractivity contribution < 1.29 is 0 Å². The SMILES string of the molecule is CC(CCN)N(C)c1ncc[nH]c1=O. The zero-order valence-electron chi connectivity index (χ0n) is 8.53. The summed E-state index contributed by atoms with van der Waals surface area (Å²) in [6, 6.07) is 0.219. The first-order chi connectivity index (χ1) is 6.66. The summed E-state index contributed by atoms with van der Waals surface area (Å²) in [5, 5.41) is 0. The summed E-state index contributed by atoms with van der Waals surface area (Å²) in [7, 11) is 1.85. The van der Waals surface area contributed by atoms with Crippen molar-refractivity contribution in [3.05, 3.63) is 22.7 Å². The summed E-state index contributed by atoms with van der Waals surface area (Å²) >= 11 is 0. The fraction of sp³-hybridized carbons (Fsp3) is 0.556. The van der Waals surface area contributed by atoms with Gasteiger partial charge < -0.3 is 15.6 Å². The molecule has 1 heterocycles. The largest absolute Gasteiger partial charge is 0.352 e. The van der Waals surface area contributed by atoms with E-state index >= 15 is 0 Å². The van der Waals surface area contributed by atoms with Gasteiger partial charge in [-0.15, -0.1) is 0 Å². The molecule has 0 saturated carbocycles. The van der Waals surface area contributed by atoms with E-state index in [-0.39, 0.29) is 11.6 Å². The zero-order chi connectivity index (χ0) is 10.6. The highest BCUT2D eigenvalue weighted by molar-refractivity contribution is 5.34. The molecule has 1 unspecified atom stereocenters. The Bertz CT molecular complexity index is 336. The smallest absolute Gasteiger partial charge is 0.290 e. The Morgan fingerprint density at radius 3 is 3.00 bits per heavy atom. The molecule has 3 N–H and O–H groups in total. The number of aromatic amines is 1. The van der Waals surface area contributed by atoms with Crippen LogP contribution in [0.4, 0.5) is 5.82 Å². The Morgan fingerprint density at radius 2 is 2.43 bits per heavy atom. The van der Waals surface area contributed by atoms with Crippen molar-refractivity contribution in [2.45, 2.75) is 19.4 Å². The molecular formula is C9H16N4O. The molecule has 1 aromatic heterocycles. The normalized spacial score (nSPS) is 12.5. The topological polar surface area (TPSA) is 75.0 Å². The lowest BCUT2D eigenvalue weighted by Crippen LogP contribution is -2.35. The fourth-order valence-electron chi connectivity index (χ4n) is 1.24. The summed E-state index contributed by atoms with van der Waals surface area (Å²) in [5.41, 5.74) is 5.28. The van der Waals surface area contributed by atoms with Crippen molar-refractivity contribution >= 4 is 5.82 Å². The van der Waals surface area contributed by atoms with Crippen LogP contribution in [0.5, 0.6) is 0 Å². The maximum Gasteiger partial charge on any atom is 0.290 e. The molecule has 1 aromatic rings. The molecule has 1 rings (SSSR count). The zero-order valence-corrected chi connectivity index (χ0v) is 8.53. The van der Waals surface area contributed by atoms with Gasteiger partial charge >= 0.3 is 0 Å². The van der Waals surface area contributed by atoms with Crippen LogP contribution in [0.15, 0.2) is 17.2 Å². The Balaban J connectivity index is 2.84. The van der Waals surface area contributed by atoms with E-state index in [1.165, 1.54) is 6.20 Å². The second kappa shape index (κ2) is 4.76. The average molecular weight is 196 g/mol. The third-order valence-corrected chi connectivity index (χ3v) is 2.27. The molecule has 14 heavy (non-hydrogen) atoms. The molecule has 0 amide bonds. The molecule has 0 aliphatic heterocycles. The second-order valence-corrected chi connectivity index (χ2v) is 3.28. The summed E-state index contributed by atoms with van der Waals surface area (Å²) < 4.78 is 0. The quantitative estimate of drug-likeness (QED) is 0.707. The first-order valence-corrected chi connectivity index (χ1v) is 4.63. The molecule has 0 bridgehead atoms. The molecule has 0 aliphatic rings. The van der Waals surface area contributed by atoms with Gasteiger partial charge in [-0.1, -0.05) is 0 Å². The lowest BCUT2D eigenvalue weighted by molar-refractivity contribution is 0.626. The minimum Gasteiger partial charge on any atom is -0.352 e. The lowest BCUT2D eigenvalue weighted by Gasteiger charge is -2.24. The predicted molar refractivity (Wildman–Crippen MR) is 56.4 cm³/mol. The van der Waals surface area contributed by atoms with Crippen molar-refractivity contribution in [3.8, 4) is 0 Å². The summed E-state index contributed by atoms with van der Waals surface area (Å²) in [6.45, 7) is 2.62. The van der Waals surface area contributed by atoms with Crippen LogP contribution in [-0.2, 0) is 0 Å². The van der Waals surface area contributed by atoms with Gasteiger partial charge in [-0.3, -0.25) is 4.79 Å². The number of nitrogens with one attached hydrogen (secondary N) is 1. The number of hydrogen-bond acceptors (Lipinski definition) is 4. The van der Waals surface area contributed by atoms with Gasteiger partial charge in [0.25, 0.3) is 5.56 Å². The molecule has 0 aliphatic carbocycles. The van der Waals surface area contributed by atoms with E-state index in [4.69, 9.17) is 5.73 Å². The molecule has 0 spiro atoms. The maximum atomic E-state index is 11.4. The molecule has 0 radical (unpaired) electrons. The standard InChI is InChI=1S/C9H16N4O/c1-7(3-4-10)13(2)8-9(14)12-6-5-11-8/h5-7H,3-4,10H2,1-2H3,(H,12,14). The fourth-order valence-corrected chi connectivity index (χ4v) is 1.24. The predicted octanol–water partition coefficient (Wildman–Crippen LogP) is -0.0566. The Hall–Kier alpha value is -1.36. The lowest BCUT2D eigenvalue weighted by atomic mass is 10.2. The molecule has 0 saturated heterocycles. The number of rotatable bonds is 4. The van der Waals surface area contributed by atoms with Crippen LogP contribution < -0.4 is 16.2 Å². The van der Waals surface area contributed by atoms with Gasteiger partial charge in [0, 0.05) is 25.5 Å². The third kappa shape index (κ3) is 2.32. The van der Waals surface area contributed by atoms with Crippen LogP contribution in [0.2, 0.25) is 0 Å². The maximum absolute atomic E-state index is 11.4. The van der Waals surface area contributed by atoms with Gasteiger partial charge in [-0.25, -0.2) is 4.98 Å². The van der Waals surface area contributed by atoms with Crippen molar-refractivity contribution in [1.29, 1.82) is 0 Å². The molecule has 0 fully saturated rings. The summed E-state index contributed by atoms with van der Waals surface area (Å²) in [5.74, 6) is 0.438. The average Bonchev–Trinajstić information content (AvgIpc) is 2.18. The third-order valence-electron chi connectivity index (χ3n) is 2.27. The minimum absolute atomic E-state index is 0.168. The monoisotopic (exact) mass is 196 g/mol. The van der Waals surface area contributed by atoms with E-state index < -0.39 is 0 Å². The first kappa shape index (κ1) is 10.7. The van der Waals surface area contributed by atoms with Crippen LogP contribution in [0, 0.1) is 0 Å². The summed E-state index contributed by atoms with van der Waals surface area (Å²) in [4.78, 5) is 19.8. The second-order valence-electron chi connectivity index (χ2n) is 3.28. The molecule has 1 atom stereocenters. The molecule has 0 aromatic carbocycles. The van der Waals surface area contributed by atoms with Crippen LogP contribution >= 0.6 is 0 Å². The van der Waals surface area contributed by atoms with Gasteiger partial charge in [0.1, 0.15) is 0 Å². The van der Waals surface area contributed by atoms with E-state index in [2.05, 4.69) is 9.97 Å². The highest BCUT2D eigenvalue weighted by Gasteiger charge is 2.12. The van der Waals surface area contributed by atoms with Crippen molar-refractivity contribution in [1.82, 2.24) is 9.97 Å². The van der Waals surface area contributed by atoms with E-state index in [1.54, 1.807) is 6.20 Å². The van der Waals surface area contributed by atoms with E-state index in [0.717, 1.165) is 6.42 Å². The van der Waals surface area contributed by atoms with E-state index in [9.17, 15) is 4.79 Å². The van der Waals surface area contributed by atoms with Crippen LogP contribution in [0.25, 0.3) is 0 Å². The minimum atomic E-state index is -0.168. The van der Waals surface area contributed by atoms with Crippen molar-refractivity contribution in [3.63, 3.8) is 0 Å². The first-order valence-electron chi connectivity index (χ1n) is 4.63. The van der Waals surface area contributed by atoms with E-state index in [1.807, 2.05) is 18.9 Å². The van der Waals surface area contributed by atoms with Gasteiger partial charge in [0.15, 0.2) is 5.82 Å². The number of hydrogen-bond donors (Lipinski definition) is 2. The molecule has 78 valence electrons. The Kier molecular flexibility index (Phi) is 3.64. The Morgan fingerprint density at radius 1 is 1.71 bits per heavy atom. The summed E-state index contributed by atoms with van der Waals surface area (Å²) in [6.07, 6.45) is 3.93. The highest BCUT2D eigenvalue weighted by atomic mass is 16.1. The molecule has 5 heteroatoms. The Labute approximate surface area is 83.0 Å². The van der Waals surface area contributed by atoms with E-state index in [0.29, 0.717) is 12.4 Å². The van der Waals surface area contributed by atoms with Crippen LogP contribution in [0.3, 0.4) is 0 Å². The van der Waals surface area contributed by atoms with Gasteiger partial charge in [-0.05, 0) is 19.9 Å². The van der Waals surface area contributed by atoms with Gasteiger partial charge in [0.05, 0.1) is 0 Å². The number of anilines is 1. The number of aromatic nitrogens is 2. The number of nitrogens with zero attached hydrogens (tertiary/aromatic N) is 2. The highest BCUT2D eigenvalue weighted by Crippen LogP contribution is 2.06. The molecular weight excluding hydrogens is 180 g/mol. The van der Waals surface area contributed by atoms with Gasteiger partial charge in [0.2, 0.25) is 0 Å².